The topological polar surface area (TPSA) is 51.3 Å². The number of H-pyrrole nitrogens is 1. The van der Waals surface area contributed by atoms with Gasteiger partial charge in [0, 0.05) is 32.1 Å². The molecule has 0 saturated carbocycles. The van der Waals surface area contributed by atoms with Gasteiger partial charge in [-0.3, -0.25) is 4.79 Å². The van der Waals surface area contributed by atoms with Crippen molar-refractivity contribution in [3.63, 3.8) is 0 Å². The minimum Gasteiger partial charge on any atom is -0.497 e. The fraction of sp³-hybridized carbons (Fsp3) is 0.0800. The van der Waals surface area contributed by atoms with Gasteiger partial charge in [0.1, 0.15) is 12.4 Å². The molecule has 0 amide bonds. The molecule has 0 aliphatic rings. The summed E-state index contributed by atoms with van der Waals surface area (Å²) in [4.78, 5) is 15.8. The van der Waals surface area contributed by atoms with Gasteiger partial charge in [-0.2, -0.15) is 0 Å². The number of rotatable bonds is 6. The number of pyridine rings is 1. The number of hydrogen-bond donors (Lipinski definition) is 1. The molecule has 0 aliphatic carbocycles. The van der Waals surface area contributed by atoms with Crippen LogP contribution in [0.15, 0.2) is 77.8 Å². The summed E-state index contributed by atoms with van der Waals surface area (Å²) in [7, 11) is 1.62. The maximum Gasteiger partial charge on any atom is 0.255 e. The molecule has 0 spiro atoms. The number of nitrogens with one attached hydrogen (secondary N) is 1. The zero-order valence-corrected chi connectivity index (χ0v) is 18.2. The van der Waals surface area contributed by atoms with E-state index in [0.717, 1.165) is 22.3 Å². The molecule has 0 fully saturated rings. The highest BCUT2D eigenvalue weighted by Crippen LogP contribution is 2.35. The molecule has 0 saturated heterocycles. The van der Waals surface area contributed by atoms with Crippen LogP contribution in [0.4, 0.5) is 0 Å². The predicted molar refractivity (Wildman–Crippen MR) is 127 cm³/mol. The zero-order valence-electron chi connectivity index (χ0n) is 16.7. The third-order valence-corrected chi connectivity index (χ3v) is 5.46. The molecular weight excluding hydrogens is 433 g/mol. The molecule has 3 aromatic carbocycles. The zero-order chi connectivity index (χ0) is 21.8. The van der Waals surface area contributed by atoms with Gasteiger partial charge in [-0.05, 0) is 48.0 Å². The van der Waals surface area contributed by atoms with E-state index in [4.69, 9.17) is 32.7 Å². The molecule has 156 valence electrons. The van der Waals surface area contributed by atoms with E-state index >= 15 is 0 Å². The van der Waals surface area contributed by atoms with E-state index in [1.165, 1.54) is 0 Å². The molecular formula is C25H19Cl2NO3. The Morgan fingerprint density at radius 1 is 1.00 bits per heavy atom. The van der Waals surface area contributed by atoms with Gasteiger partial charge in [0.15, 0.2) is 0 Å². The van der Waals surface area contributed by atoms with Crippen LogP contribution in [0.5, 0.6) is 5.75 Å². The van der Waals surface area contributed by atoms with Gasteiger partial charge in [-0.1, -0.05) is 53.5 Å². The molecule has 6 heteroatoms. The number of benzene rings is 3. The van der Waals surface area contributed by atoms with Crippen molar-refractivity contribution in [2.45, 2.75) is 6.61 Å². The summed E-state index contributed by atoms with van der Waals surface area (Å²) >= 11 is 12.7. The van der Waals surface area contributed by atoms with Crippen LogP contribution >= 0.6 is 23.2 Å². The Morgan fingerprint density at radius 3 is 2.65 bits per heavy atom. The number of fused-ring (bicyclic) bond motifs is 1. The molecule has 0 bridgehead atoms. The van der Waals surface area contributed by atoms with Gasteiger partial charge in [-0.15, -0.1) is 0 Å². The molecule has 1 heterocycles. The van der Waals surface area contributed by atoms with Crippen molar-refractivity contribution < 1.29 is 9.47 Å². The number of ether oxygens (including phenoxy) is 2. The smallest absolute Gasteiger partial charge is 0.255 e. The van der Waals surface area contributed by atoms with Gasteiger partial charge >= 0.3 is 0 Å². The molecule has 1 aromatic heterocycles. The molecule has 31 heavy (non-hydrogen) atoms. The van der Waals surface area contributed by atoms with Crippen molar-refractivity contribution in [3.05, 3.63) is 105 Å². The van der Waals surface area contributed by atoms with Gasteiger partial charge in [0.25, 0.3) is 5.56 Å². The average molecular weight is 452 g/mol. The first-order valence-electron chi connectivity index (χ1n) is 9.58. The molecule has 4 rings (SSSR count). The fourth-order valence-corrected chi connectivity index (χ4v) is 3.82. The lowest BCUT2D eigenvalue weighted by atomic mass is 9.96. The number of halogens is 2. The molecule has 4 aromatic rings. The van der Waals surface area contributed by atoms with Crippen LogP contribution in [0.25, 0.3) is 28.1 Å². The lowest BCUT2D eigenvalue weighted by Gasteiger charge is -2.14. The second-order valence-electron chi connectivity index (χ2n) is 6.87. The van der Waals surface area contributed by atoms with E-state index in [1.54, 1.807) is 31.6 Å². The van der Waals surface area contributed by atoms with E-state index in [-0.39, 0.29) is 12.2 Å². The molecule has 0 unspecified atom stereocenters. The van der Waals surface area contributed by atoms with Gasteiger partial charge in [-0.25, -0.2) is 0 Å². The van der Waals surface area contributed by atoms with Crippen LogP contribution in [0.1, 0.15) is 11.1 Å². The minimum atomic E-state index is -0.237. The largest absolute Gasteiger partial charge is 0.497 e. The highest BCUT2D eigenvalue weighted by atomic mass is 35.5. The maximum atomic E-state index is 12.9. The van der Waals surface area contributed by atoms with Crippen LogP contribution in [-0.4, -0.2) is 12.1 Å². The van der Waals surface area contributed by atoms with Crippen LogP contribution in [0.3, 0.4) is 0 Å². The highest BCUT2D eigenvalue weighted by molar-refractivity contribution is 6.34. The molecule has 0 atom stereocenters. The third kappa shape index (κ3) is 4.61. The quantitative estimate of drug-likeness (QED) is 0.331. The number of hydrogen-bond acceptors (Lipinski definition) is 3. The first-order valence-corrected chi connectivity index (χ1v) is 10.3. The van der Waals surface area contributed by atoms with Crippen LogP contribution in [0, 0.1) is 0 Å². The Morgan fingerprint density at radius 2 is 1.84 bits per heavy atom. The van der Waals surface area contributed by atoms with Crippen molar-refractivity contribution in [1.29, 1.82) is 0 Å². The van der Waals surface area contributed by atoms with Gasteiger partial charge < -0.3 is 14.5 Å². The van der Waals surface area contributed by atoms with Gasteiger partial charge in [0.2, 0.25) is 0 Å². The summed E-state index contributed by atoms with van der Waals surface area (Å²) < 4.78 is 11.0. The molecule has 4 nitrogen and oxygen atoms in total. The average Bonchev–Trinajstić information content (AvgIpc) is 2.78. The second-order valence-corrected chi connectivity index (χ2v) is 7.71. The first kappa shape index (κ1) is 21.0. The number of aromatic nitrogens is 1. The summed E-state index contributed by atoms with van der Waals surface area (Å²) in [5.41, 5.74) is 3.29. The lowest BCUT2D eigenvalue weighted by molar-refractivity contribution is 0.238. The lowest BCUT2D eigenvalue weighted by Crippen LogP contribution is -2.15. The van der Waals surface area contributed by atoms with Crippen LogP contribution < -0.4 is 10.3 Å². The van der Waals surface area contributed by atoms with Crippen molar-refractivity contribution in [3.8, 4) is 16.9 Å². The van der Waals surface area contributed by atoms with E-state index in [9.17, 15) is 4.79 Å². The standard InChI is InChI=1S/C25H19Cl2NO3/c1-30-18-6-4-5-16(13-18)11-12-31-15-21-24(19-7-2-3-8-22(19)27)20-14-17(26)9-10-23(20)28-25(21)29/h2-14H,15H2,1H3,(H,28,29)/b12-11+. The highest BCUT2D eigenvalue weighted by Gasteiger charge is 2.17. The summed E-state index contributed by atoms with van der Waals surface area (Å²) in [6.45, 7) is 0.0683. The Kier molecular flexibility index (Phi) is 6.31. The van der Waals surface area contributed by atoms with Crippen LogP contribution in [0.2, 0.25) is 10.0 Å². The summed E-state index contributed by atoms with van der Waals surface area (Å²) in [6.07, 6.45) is 3.37. The monoisotopic (exact) mass is 451 g/mol. The molecule has 0 radical (unpaired) electrons. The Balaban J connectivity index is 1.74. The van der Waals surface area contributed by atoms with E-state index in [2.05, 4.69) is 4.98 Å². The van der Waals surface area contributed by atoms with Gasteiger partial charge in [0.05, 0.1) is 18.9 Å². The Bertz CT molecular complexity index is 1330. The Hall–Kier alpha value is -3.21. The normalized spacial score (nSPS) is 11.2. The van der Waals surface area contributed by atoms with Crippen molar-refractivity contribution >= 4 is 40.2 Å². The minimum absolute atomic E-state index is 0.0683. The second kappa shape index (κ2) is 9.29. The predicted octanol–water partition coefficient (Wildman–Crippen LogP) is 6.70. The van der Waals surface area contributed by atoms with E-state index < -0.39 is 0 Å². The molecule has 0 aliphatic heterocycles. The van der Waals surface area contributed by atoms with Crippen molar-refractivity contribution in [2.75, 3.05) is 7.11 Å². The Labute approximate surface area is 189 Å². The summed E-state index contributed by atoms with van der Waals surface area (Å²) in [5.74, 6) is 0.756. The molecule has 1 N–H and O–H groups in total. The SMILES string of the molecule is COc1cccc(/C=C/OCc2c(-c3ccccc3Cl)c3cc(Cl)ccc3[nH]c2=O)c1. The number of aromatic amines is 1. The van der Waals surface area contributed by atoms with Crippen molar-refractivity contribution in [2.24, 2.45) is 0 Å². The maximum absolute atomic E-state index is 12.9. The van der Waals surface area contributed by atoms with Crippen LogP contribution in [-0.2, 0) is 11.3 Å². The van der Waals surface area contributed by atoms with Crippen molar-refractivity contribution in [1.82, 2.24) is 4.98 Å². The fourth-order valence-electron chi connectivity index (χ4n) is 3.42. The summed E-state index contributed by atoms with van der Waals surface area (Å²) in [5, 5.41) is 1.91. The van der Waals surface area contributed by atoms with E-state index in [1.807, 2.05) is 54.6 Å². The van der Waals surface area contributed by atoms with E-state index in [0.29, 0.717) is 26.7 Å². The number of methoxy groups -OCH3 is 1. The first-order chi connectivity index (χ1) is 15.1. The summed E-state index contributed by atoms with van der Waals surface area (Å²) in [6, 6.07) is 20.3. The third-order valence-electron chi connectivity index (χ3n) is 4.90.